The molecule has 0 radical (unpaired) electrons. The number of amides is 1. The molecule has 4 aromatic rings. The van der Waals surface area contributed by atoms with E-state index < -0.39 is 17.9 Å². The number of alkyl halides is 3. The van der Waals surface area contributed by atoms with Gasteiger partial charge in [0.1, 0.15) is 17.2 Å². The summed E-state index contributed by atoms with van der Waals surface area (Å²) in [6, 6.07) is 8.97. The molecule has 1 amide bonds. The quantitative estimate of drug-likeness (QED) is 0.450. The molecule has 0 unspecified atom stereocenters. The zero-order valence-electron chi connectivity index (χ0n) is 18.2. The molecule has 0 fully saturated rings. The first kappa shape index (κ1) is 22.8. The summed E-state index contributed by atoms with van der Waals surface area (Å²) in [6.45, 7) is 0. The van der Waals surface area contributed by atoms with E-state index in [2.05, 4.69) is 20.3 Å². The summed E-state index contributed by atoms with van der Waals surface area (Å²) < 4.78 is 57.2. The first-order valence-corrected chi connectivity index (χ1v) is 9.74. The molecule has 2 heterocycles. The second kappa shape index (κ2) is 8.89. The van der Waals surface area contributed by atoms with Gasteiger partial charge in [-0.2, -0.15) is 13.2 Å². The third-order valence-corrected chi connectivity index (χ3v) is 4.84. The Hall–Kier alpha value is -4.35. The molecule has 0 aliphatic carbocycles. The molecular formula is C22H18F3N5O4. The zero-order chi connectivity index (χ0) is 24.5. The number of aromatic nitrogens is 4. The fourth-order valence-corrected chi connectivity index (χ4v) is 3.24. The number of benzene rings is 2. The van der Waals surface area contributed by atoms with Crippen LogP contribution in [-0.4, -0.2) is 46.8 Å². The van der Waals surface area contributed by atoms with Gasteiger partial charge >= 0.3 is 6.18 Å². The Balaban J connectivity index is 1.66. The number of methoxy groups -OCH3 is 3. The predicted octanol–water partition coefficient (Wildman–Crippen LogP) is 4.11. The number of rotatable bonds is 6. The Kier molecular flexibility index (Phi) is 5.97. The van der Waals surface area contributed by atoms with Gasteiger partial charge in [-0.3, -0.25) is 9.36 Å². The SMILES string of the molecule is COc1cc(OC)cc(C(=O)Nc2cnc(-n3c(C(F)(F)F)nc4cc(OC)ccc43)cn2)c1. The summed E-state index contributed by atoms with van der Waals surface area (Å²) in [5.74, 6) is -0.593. The van der Waals surface area contributed by atoms with Gasteiger partial charge in [-0.25, -0.2) is 15.0 Å². The van der Waals surface area contributed by atoms with Crippen LogP contribution in [0.2, 0.25) is 0 Å². The molecule has 0 bridgehead atoms. The van der Waals surface area contributed by atoms with Crippen molar-refractivity contribution < 1.29 is 32.2 Å². The highest BCUT2D eigenvalue weighted by Gasteiger charge is 2.38. The van der Waals surface area contributed by atoms with Crippen LogP contribution in [0, 0.1) is 0 Å². The smallest absolute Gasteiger partial charge is 0.450 e. The van der Waals surface area contributed by atoms with E-state index >= 15 is 0 Å². The fourth-order valence-electron chi connectivity index (χ4n) is 3.24. The van der Waals surface area contributed by atoms with Gasteiger partial charge in [0.25, 0.3) is 5.91 Å². The van der Waals surface area contributed by atoms with Gasteiger partial charge < -0.3 is 19.5 Å². The normalized spacial score (nSPS) is 11.4. The van der Waals surface area contributed by atoms with E-state index in [-0.39, 0.29) is 28.2 Å². The number of nitrogens with one attached hydrogen (secondary N) is 1. The highest BCUT2D eigenvalue weighted by Crippen LogP contribution is 2.34. The lowest BCUT2D eigenvalue weighted by Crippen LogP contribution is -2.16. The second-order valence-corrected chi connectivity index (χ2v) is 6.94. The number of carbonyl (C=O) groups is 1. The molecule has 12 heteroatoms. The minimum atomic E-state index is -4.74. The van der Waals surface area contributed by atoms with Crippen molar-refractivity contribution in [3.8, 4) is 23.1 Å². The van der Waals surface area contributed by atoms with Crippen LogP contribution in [0.25, 0.3) is 16.9 Å². The molecule has 1 N–H and O–H groups in total. The lowest BCUT2D eigenvalue weighted by Gasteiger charge is -2.11. The number of hydrogen-bond acceptors (Lipinski definition) is 7. The van der Waals surface area contributed by atoms with Gasteiger partial charge in [0.2, 0.25) is 5.82 Å². The highest BCUT2D eigenvalue weighted by atomic mass is 19.4. The van der Waals surface area contributed by atoms with E-state index in [0.29, 0.717) is 17.2 Å². The Morgan fingerprint density at radius 3 is 2.15 bits per heavy atom. The zero-order valence-corrected chi connectivity index (χ0v) is 18.2. The van der Waals surface area contributed by atoms with Crippen molar-refractivity contribution in [1.29, 1.82) is 0 Å². The monoisotopic (exact) mass is 473 g/mol. The van der Waals surface area contributed by atoms with E-state index in [1.54, 1.807) is 6.07 Å². The molecule has 2 aromatic heterocycles. The van der Waals surface area contributed by atoms with E-state index in [1.165, 1.54) is 51.7 Å². The van der Waals surface area contributed by atoms with Crippen LogP contribution in [0.4, 0.5) is 19.0 Å². The van der Waals surface area contributed by atoms with Crippen molar-refractivity contribution in [3.63, 3.8) is 0 Å². The molecule has 4 rings (SSSR count). The predicted molar refractivity (Wildman–Crippen MR) is 116 cm³/mol. The van der Waals surface area contributed by atoms with Gasteiger partial charge in [-0.05, 0) is 24.3 Å². The second-order valence-electron chi connectivity index (χ2n) is 6.94. The van der Waals surface area contributed by atoms with Gasteiger partial charge in [0.15, 0.2) is 11.6 Å². The lowest BCUT2D eigenvalue weighted by molar-refractivity contribution is -0.145. The van der Waals surface area contributed by atoms with Gasteiger partial charge in [-0.15, -0.1) is 0 Å². The summed E-state index contributed by atoms with van der Waals surface area (Å²) in [6.07, 6.45) is -2.48. The molecular weight excluding hydrogens is 455 g/mol. The summed E-state index contributed by atoms with van der Waals surface area (Å²) >= 11 is 0. The Morgan fingerprint density at radius 2 is 1.59 bits per heavy atom. The van der Waals surface area contributed by atoms with Crippen molar-refractivity contribution in [2.75, 3.05) is 26.6 Å². The van der Waals surface area contributed by atoms with Crippen molar-refractivity contribution in [3.05, 3.63) is 60.2 Å². The van der Waals surface area contributed by atoms with Crippen LogP contribution in [0.1, 0.15) is 16.2 Å². The van der Waals surface area contributed by atoms with Crippen LogP contribution in [-0.2, 0) is 6.18 Å². The highest BCUT2D eigenvalue weighted by molar-refractivity contribution is 6.04. The van der Waals surface area contributed by atoms with Gasteiger partial charge in [0.05, 0.1) is 44.8 Å². The average molecular weight is 473 g/mol. The van der Waals surface area contributed by atoms with Crippen LogP contribution < -0.4 is 19.5 Å². The molecule has 9 nitrogen and oxygen atoms in total. The maximum absolute atomic E-state index is 13.7. The van der Waals surface area contributed by atoms with E-state index in [1.807, 2.05) is 0 Å². The maximum Gasteiger partial charge on any atom is 0.450 e. The summed E-state index contributed by atoms with van der Waals surface area (Å²) in [5.41, 5.74) is 0.483. The Bertz CT molecular complexity index is 1330. The summed E-state index contributed by atoms with van der Waals surface area (Å²) in [7, 11) is 4.31. The van der Waals surface area contributed by atoms with Crippen LogP contribution in [0.3, 0.4) is 0 Å². The standard InChI is InChI=1S/C22H18F3N5O4/c1-32-13-4-5-17-16(9-13)28-21(22(23,24)25)30(17)19-11-26-18(10-27-19)29-20(31)12-6-14(33-2)8-15(7-12)34-3/h4-11H,1-3H3,(H,26,29,31). The molecule has 0 aliphatic heterocycles. The van der Waals surface area contributed by atoms with E-state index in [9.17, 15) is 18.0 Å². The van der Waals surface area contributed by atoms with Crippen LogP contribution in [0.15, 0.2) is 48.8 Å². The topological polar surface area (TPSA) is 100 Å². The van der Waals surface area contributed by atoms with Crippen molar-refractivity contribution in [1.82, 2.24) is 19.5 Å². The number of hydrogen-bond donors (Lipinski definition) is 1. The number of halogens is 3. The third-order valence-electron chi connectivity index (χ3n) is 4.84. The molecule has 0 saturated heterocycles. The van der Waals surface area contributed by atoms with Gasteiger partial charge in [0, 0.05) is 17.7 Å². The first-order valence-electron chi connectivity index (χ1n) is 9.74. The number of fused-ring (bicyclic) bond motifs is 1. The molecule has 0 atom stereocenters. The molecule has 0 spiro atoms. The summed E-state index contributed by atoms with van der Waals surface area (Å²) in [4.78, 5) is 24.4. The third kappa shape index (κ3) is 4.42. The minimum Gasteiger partial charge on any atom is -0.497 e. The van der Waals surface area contributed by atoms with E-state index in [0.717, 1.165) is 17.0 Å². The van der Waals surface area contributed by atoms with Crippen molar-refractivity contribution >= 4 is 22.8 Å². The Labute approximate surface area is 191 Å². The Morgan fingerprint density at radius 1 is 0.912 bits per heavy atom. The van der Waals surface area contributed by atoms with Crippen molar-refractivity contribution in [2.24, 2.45) is 0 Å². The van der Waals surface area contributed by atoms with Crippen LogP contribution in [0.5, 0.6) is 17.2 Å². The minimum absolute atomic E-state index is 0.0372. The number of nitrogens with zero attached hydrogens (tertiary/aromatic N) is 4. The fraction of sp³-hybridized carbons (Fsp3) is 0.182. The lowest BCUT2D eigenvalue weighted by atomic mass is 10.2. The maximum atomic E-state index is 13.7. The van der Waals surface area contributed by atoms with Crippen LogP contribution >= 0.6 is 0 Å². The molecule has 34 heavy (non-hydrogen) atoms. The van der Waals surface area contributed by atoms with E-state index in [4.69, 9.17) is 14.2 Å². The first-order chi connectivity index (χ1) is 16.2. The molecule has 2 aromatic carbocycles. The number of carbonyl (C=O) groups excluding carboxylic acids is 1. The van der Waals surface area contributed by atoms with Crippen molar-refractivity contribution in [2.45, 2.75) is 6.18 Å². The molecule has 0 aliphatic rings. The summed E-state index contributed by atoms with van der Waals surface area (Å²) in [5, 5.41) is 2.54. The molecule has 176 valence electrons. The molecule has 0 saturated carbocycles. The number of anilines is 1. The van der Waals surface area contributed by atoms with Gasteiger partial charge in [-0.1, -0.05) is 0 Å². The average Bonchev–Trinajstić information content (AvgIpc) is 3.23. The number of ether oxygens (including phenoxy) is 3. The number of imidazole rings is 1. The largest absolute Gasteiger partial charge is 0.497 e.